The summed E-state index contributed by atoms with van der Waals surface area (Å²) < 4.78 is 55.0. The fraction of sp³-hybridized carbons (Fsp3) is 0.706. The average molecular weight is 707 g/mol. The van der Waals surface area contributed by atoms with Crippen LogP contribution in [0, 0.1) is 0 Å². The molecule has 1 aromatic carbocycles. The van der Waals surface area contributed by atoms with Gasteiger partial charge in [0.15, 0.2) is 11.5 Å². The minimum atomic E-state index is -3.67. The third kappa shape index (κ3) is 11.3. The summed E-state index contributed by atoms with van der Waals surface area (Å²) in [4.78, 5) is 19.7. The molecule has 1 atom stereocenters. The van der Waals surface area contributed by atoms with Gasteiger partial charge in [0.2, 0.25) is 5.95 Å². The highest BCUT2D eigenvalue weighted by Gasteiger charge is 2.25. The van der Waals surface area contributed by atoms with Crippen molar-refractivity contribution in [1.29, 1.82) is 0 Å². The molecular formula is C34H54N6O8S. The molecule has 14 nitrogen and oxygen atoms in total. The molecule has 49 heavy (non-hydrogen) atoms. The van der Waals surface area contributed by atoms with E-state index in [1.54, 1.807) is 14.2 Å². The molecule has 0 aliphatic carbocycles. The predicted octanol–water partition coefficient (Wildman–Crippen LogP) is 3.06. The molecule has 1 N–H and O–H groups in total. The molecule has 2 aromatic rings. The lowest BCUT2D eigenvalue weighted by Gasteiger charge is -2.36. The average Bonchev–Trinajstić information content (AvgIpc) is 3.81. The van der Waals surface area contributed by atoms with Crippen LogP contribution >= 0.6 is 0 Å². The van der Waals surface area contributed by atoms with Crippen molar-refractivity contribution >= 4 is 27.7 Å². The largest absolute Gasteiger partial charge is 0.493 e. The second-order valence-electron chi connectivity index (χ2n) is 12.9. The van der Waals surface area contributed by atoms with E-state index in [0.29, 0.717) is 39.3 Å². The summed E-state index contributed by atoms with van der Waals surface area (Å²) in [6, 6.07) is 6.33. The Morgan fingerprint density at radius 1 is 0.776 bits per heavy atom. The first kappa shape index (κ1) is 37.3. The second kappa shape index (κ2) is 18.3. The van der Waals surface area contributed by atoms with Crippen LogP contribution in [0.3, 0.4) is 0 Å². The molecule has 15 heteroatoms. The fourth-order valence-corrected chi connectivity index (χ4v) is 6.71. The van der Waals surface area contributed by atoms with E-state index in [2.05, 4.69) is 31.7 Å². The number of hydrogen-bond acceptors (Lipinski definition) is 13. The smallest absolute Gasteiger partial charge is 0.261 e. The van der Waals surface area contributed by atoms with Gasteiger partial charge in [0.1, 0.15) is 17.7 Å². The number of ether oxygens (including phenoxy) is 5. The number of methoxy groups -OCH3 is 2. The van der Waals surface area contributed by atoms with Crippen molar-refractivity contribution in [3.63, 3.8) is 0 Å². The highest BCUT2D eigenvalue weighted by Crippen LogP contribution is 2.36. The first-order chi connectivity index (χ1) is 23.7. The molecular weight excluding hydrogens is 652 g/mol. The quantitative estimate of drug-likeness (QED) is 0.241. The van der Waals surface area contributed by atoms with Crippen molar-refractivity contribution < 1.29 is 36.7 Å². The molecule has 1 unspecified atom stereocenters. The number of rotatable bonds is 13. The van der Waals surface area contributed by atoms with Crippen LogP contribution in [0.5, 0.6) is 11.5 Å². The van der Waals surface area contributed by atoms with Crippen molar-refractivity contribution in [3.05, 3.63) is 29.3 Å². The van der Waals surface area contributed by atoms with Gasteiger partial charge in [-0.25, -0.2) is 0 Å². The van der Waals surface area contributed by atoms with Gasteiger partial charge in [0, 0.05) is 71.6 Å². The Morgan fingerprint density at radius 2 is 1.35 bits per heavy atom. The summed E-state index contributed by atoms with van der Waals surface area (Å²) in [6.45, 7) is 12.2. The number of hydrogen-bond donors (Lipinski definition) is 1. The molecule has 0 saturated carbocycles. The fourth-order valence-electron chi connectivity index (χ4n) is 6.71. The van der Waals surface area contributed by atoms with Crippen molar-refractivity contribution in [2.24, 2.45) is 0 Å². The molecule has 0 radical (unpaired) electrons. The Morgan fingerprint density at radius 3 is 1.98 bits per heavy atom. The molecule has 3 fully saturated rings. The number of nitrogens with zero attached hydrogens (tertiary/aromatic N) is 6. The van der Waals surface area contributed by atoms with Crippen LogP contribution in [0.1, 0.15) is 49.3 Å². The van der Waals surface area contributed by atoms with E-state index >= 15 is 0 Å². The zero-order chi connectivity index (χ0) is 34.6. The molecule has 4 aliphatic rings. The molecule has 0 spiro atoms. The number of anilines is 3. The van der Waals surface area contributed by atoms with Crippen LogP contribution in [-0.4, -0.2) is 140 Å². The SMILES string of the molecule is COc1cc2c(cc1OC)C(COCCOCCN1CCN(c3cc(N4CCCC4)nc(N4CCCC4)n3)CC1)OCCC2.CS(=O)(=O)O. The second-order valence-corrected chi connectivity index (χ2v) is 14.4. The van der Waals surface area contributed by atoms with Gasteiger partial charge in [-0.3, -0.25) is 9.45 Å². The Hall–Kier alpha value is -2.95. The van der Waals surface area contributed by atoms with Gasteiger partial charge in [0.05, 0.1) is 46.9 Å². The van der Waals surface area contributed by atoms with Gasteiger partial charge in [0.25, 0.3) is 10.1 Å². The van der Waals surface area contributed by atoms with E-state index in [1.807, 2.05) is 6.07 Å². The topological polar surface area (TPSA) is 139 Å². The van der Waals surface area contributed by atoms with Gasteiger partial charge in [-0.15, -0.1) is 0 Å². The normalized spacial score (nSPS) is 20.1. The van der Waals surface area contributed by atoms with E-state index in [4.69, 9.17) is 38.2 Å². The van der Waals surface area contributed by atoms with Crippen molar-refractivity contribution in [2.75, 3.05) is 127 Å². The van der Waals surface area contributed by atoms with E-state index in [1.165, 1.54) is 31.2 Å². The van der Waals surface area contributed by atoms with Crippen LogP contribution in [0.25, 0.3) is 0 Å². The summed E-state index contributed by atoms with van der Waals surface area (Å²) in [6.07, 6.45) is 7.50. The maximum atomic E-state index is 9.19. The standard InChI is InChI=1S/C33H50N6O5.CH4O3S/c1-40-28-22-26-8-7-18-44-30(27(26)23-29(28)41-2)25-43-21-20-42-19-17-36-13-15-38(16-14-36)32-24-31(37-9-3-4-10-37)34-33(35-32)39-11-5-6-12-39;1-5(2,3)4/h22-24,30H,3-21,25H2,1-2H3;1H3,(H,2,3,4). The lowest BCUT2D eigenvalue weighted by molar-refractivity contribution is -0.0321. The van der Waals surface area contributed by atoms with E-state index in [0.717, 1.165) is 106 Å². The van der Waals surface area contributed by atoms with Crippen LogP contribution in [0.15, 0.2) is 18.2 Å². The summed E-state index contributed by atoms with van der Waals surface area (Å²) >= 11 is 0. The summed E-state index contributed by atoms with van der Waals surface area (Å²) in [5.41, 5.74) is 2.37. The van der Waals surface area contributed by atoms with Crippen LogP contribution in [0.2, 0.25) is 0 Å². The lowest BCUT2D eigenvalue weighted by atomic mass is 9.99. The third-order valence-corrected chi connectivity index (χ3v) is 9.30. The van der Waals surface area contributed by atoms with Crippen LogP contribution in [0.4, 0.5) is 17.6 Å². The minimum absolute atomic E-state index is 0.114. The monoisotopic (exact) mass is 706 g/mol. The summed E-state index contributed by atoms with van der Waals surface area (Å²) in [5, 5.41) is 0. The van der Waals surface area contributed by atoms with Crippen molar-refractivity contribution in [2.45, 2.75) is 44.6 Å². The Balaban J connectivity index is 0.000000874. The number of benzene rings is 1. The highest BCUT2D eigenvalue weighted by atomic mass is 32.2. The van der Waals surface area contributed by atoms with E-state index < -0.39 is 10.1 Å². The lowest BCUT2D eigenvalue weighted by Crippen LogP contribution is -2.47. The van der Waals surface area contributed by atoms with Crippen LogP contribution < -0.4 is 24.2 Å². The number of fused-ring (bicyclic) bond motifs is 1. The number of aryl methyl sites for hydroxylation is 1. The zero-order valence-electron chi connectivity index (χ0n) is 29.3. The summed E-state index contributed by atoms with van der Waals surface area (Å²) in [5.74, 6) is 4.57. The molecule has 6 rings (SSSR count). The van der Waals surface area contributed by atoms with Crippen molar-refractivity contribution in [1.82, 2.24) is 14.9 Å². The van der Waals surface area contributed by atoms with E-state index in [9.17, 15) is 8.42 Å². The third-order valence-electron chi connectivity index (χ3n) is 9.30. The summed E-state index contributed by atoms with van der Waals surface area (Å²) in [7, 11) is -0.328. The first-order valence-electron chi connectivity index (χ1n) is 17.5. The minimum Gasteiger partial charge on any atom is -0.493 e. The first-order valence-corrected chi connectivity index (χ1v) is 19.4. The molecule has 0 amide bonds. The Kier molecular flexibility index (Phi) is 14.0. The van der Waals surface area contributed by atoms with Crippen LogP contribution in [-0.2, 0) is 30.7 Å². The molecule has 274 valence electrons. The van der Waals surface area contributed by atoms with Gasteiger partial charge < -0.3 is 38.4 Å². The molecule has 5 heterocycles. The number of piperazine rings is 1. The van der Waals surface area contributed by atoms with Crippen molar-refractivity contribution in [3.8, 4) is 11.5 Å². The Bertz CT molecular complexity index is 1390. The maximum Gasteiger partial charge on any atom is 0.261 e. The number of aromatic nitrogens is 2. The highest BCUT2D eigenvalue weighted by molar-refractivity contribution is 7.85. The molecule has 3 saturated heterocycles. The van der Waals surface area contributed by atoms with Gasteiger partial charge in [-0.2, -0.15) is 18.4 Å². The molecule has 0 bridgehead atoms. The predicted molar refractivity (Wildman–Crippen MR) is 189 cm³/mol. The van der Waals surface area contributed by atoms with Gasteiger partial charge in [-0.05, 0) is 61.8 Å². The van der Waals surface area contributed by atoms with Gasteiger partial charge in [-0.1, -0.05) is 0 Å². The maximum absolute atomic E-state index is 9.19. The zero-order valence-corrected chi connectivity index (χ0v) is 30.2. The van der Waals surface area contributed by atoms with E-state index in [-0.39, 0.29) is 6.10 Å². The van der Waals surface area contributed by atoms with Gasteiger partial charge >= 0.3 is 0 Å². The molecule has 1 aromatic heterocycles. The Labute approximate surface area is 291 Å². The molecule has 4 aliphatic heterocycles.